The van der Waals surface area contributed by atoms with Gasteiger partial charge in [-0.3, -0.25) is 9.78 Å². The lowest BCUT2D eigenvalue weighted by Gasteiger charge is -2.03. The summed E-state index contributed by atoms with van der Waals surface area (Å²) in [5.74, 6) is -0.0982. The summed E-state index contributed by atoms with van der Waals surface area (Å²) in [5, 5.41) is 8.14. The van der Waals surface area contributed by atoms with Crippen molar-refractivity contribution in [3.8, 4) is 22.4 Å². The van der Waals surface area contributed by atoms with Gasteiger partial charge in [0.25, 0.3) is 0 Å². The Hall–Kier alpha value is -2.57. The number of carbonyl (C=O) groups is 1. The average Bonchev–Trinajstić information content (AvgIpc) is 3.04. The van der Waals surface area contributed by atoms with Crippen molar-refractivity contribution in [3.05, 3.63) is 54.2 Å². The number of pyridine rings is 1. The number of rotatable bonds is 5. The lowest BCUT2D eigenvalue weighted by atomic mass is 10.0. The van der Waals surface area contributed by atoms with Crippen molar-refractivity contribution in [2.24, 2.45) is 0 Å². The number of hydrogen-bond acceptors (Lipinski definition) is 5. The van der Waals surface area contributed by atoms with Gasteiger partial charge >= 0.3 is 0 Å². The summed E-state index contributed by atoms with van der Waals surface area (Å²) in [6.45, 7) is 0.270. The summed E-state index contributed by atoms with van der Waals surface area (Å²) < 4.78 is 0. The van der Waals surface area contributed by atoms with Crippen LogP contribution in [0.15, 0.2) is 54.2 Å². The Balaban J connectivity index is 1.83. The Morgan fingerprint density at radius 2 is 1.91 bits per heavy atom. The lowest BCUT2D eigenvalue weighted by molar-refractivity contribution is -0.115. The quantitative estimate of drug-likeness (QED) is 0.757. The van der Waals surface area contributed by atoms with E-state index < -0.39 is 0 Å². The number of thiazole rings is 1. The van der Waals surface area contributed by atoms with Gasteiger partial charge in [-0.15, -0.1) is 11.3 Å². The molecule has 3 aromatic rings. The Morgan fingerprint density at radius 1 is 1.13 bits per heavy atom. The molecule has 0 saturated carbocycles. The van der Waals surface area contributed by atoms with Gasteiger partial charge in [0.2, 0.25) is 5.91 Å². The van der Waals surface area contributed by atoms with Crippen molar-refractivity contribution in [2.75, 3.05) is 18.9 Å². The van der Waals surface area contributed by atoms with Crippen LogP contribution in [0.5, 0.6) is 0 Å². The molecule has 1 amide bonds. The largest absolute Gasteiger partial charge is 0.311 e. The maximum Gasteiger partial charge on any atom is 0.240 e. The highest BCUT2D eigenvalue weighted by molar-refractivity contribution is 7.14. The van der Waals surface area contributed by atoms with Crippen LogP contribution >= 0.6 is 11.3 Å². The van der Waals surface area contributed by atoms with E-state index in [-0.39, 0.29) is 12.5 Å². The summed E-state index contributed by atoms with van der Waals surface area (Å²) in [5.41, 5.74) is 4.09. The smallest absolute Gasteiger partial charge is 0.240 e. The maximum atomic E-state index is 11.6. The summed E-state index contributed by atoms with van der Waals surface area (Å²) >= 11 is 1.42. The number of nitrogens with one attached hydrogen (secondary N) is 2. The molecule has 2 aromatic heterocycles. The van der Waals surface area contributed by atoms with Crippen LogP contribution in [-0.4, -0.2) is 29.5 Å². The number of nitrogens with zero attached hydrogens (tertiary/aromatic N) is 2. The van der Waals surface area contributed by atoms with E-state index in [9.17, 15) is 4.79 Å². The molecule has 0 spiro atoms. The number of amides is 1. The van der Waals surface area contributed by atoms with E-state index in [2.05, 4.69) is 32.7 Å². The molecular formula is C17H16N4OS. The van der Waals surface area contributed by atoms with Crippen LogP contribution in [-0.2, 0) is 4.79 Å². The molecule has 0 saturated heterocycles. The summed E-state index contributed by atoms with van der Waals surface area (Å²) in [4.78, 5) is 20.1. The van der Waals surface area contributed by atoms with Crippen molar-refractivity contribution < 1.29 is 4.79 Å². The zero-order valence-electron chi connectivity index (χ0n) is 12.6. The van der Waals surface area contributed by atoms with Gasteiger partial charge in [0, 0.05) is 23.3 Å². The molecule has 0 aliphatic heterocycles. The first-order valence-electron chi connectivity index (χ1n) is 7.17. The maximum absolute atomic E-state index is 11.6. The van der Waals surface area contributed by atoms with E-state index in [1.54, 1.807) is 19.4 Å². The first kappa shape index (κ1) is 15.3. The minimum Gasteiger partial charge on any atom is -0.311 e. The molecule has 0 radical (unpaired) electrons. The normalized spacial score (nSPS) is 10.5. The second-order valence-electron chi connectivity index (χ2n) is 4.93. The minimum atomic E-state index is -0.0982. The Kier molecular flexibility index (Phi) is 4.75. The minimum absolute atomic E-state index is 0.0982. The summed E-state index contributed by atoms with van der Waals surface area (Å²) in [6.07, 6.45) is 3.56. The Bertz CT molecular complexity index is 801. The zero-order valence-corrected chi connectivity index (χ0v) is 13.4. The third-order valence-corrected chi connectivity index (χ3v) is 4.02. The van der Waals surface area contributed by atoms with E-state index >= 15 is 0 Å². The second-order valence-corrected chi connectivity index (χ2v) is 5.79. The van der Waals surface area contributed by atoms with E-state index in [4.69, 9.17) is 0 Å². The molecule has 0 fully saturated rings. The number of aromatic nitrogens is 2. The average molecular weight is 324 g/mol. The highest BCUT2D eigenvalue weighted by Gasteiger charge is 2.08. The molecule has 6 heteroatoms. The van der Waals surface area contributed by atoms with Crippen LogP contribution in [0.4, 0.5) is 5.13 Å². The van der Waals surface area contributed by atoms with Gasteiger partial charge in [-0.25, -0.2) is 4.98 Å². The molecule has 1 aromatic carbocycles. The fraction of sp³-hybridized carbons (Fsp3) is 0.118. The second kappa shape index (κ2) is 7.13. The zero-order chi connectivity index (χ0) is 16.1. The van der Waals surface area contributed by atoms with Gasteiger partial charge in [-0.1, -0.05) is 18.2 Å². The number of anilines is 1. The van der Waals surface area contributed by atoms with E-state index in [1.165, 1.54) is 11.3 Å². The van der Waals surface area contributed by atoms with Gasteiger partial charge in [0.05, 0.1) is 12.2 Å². The third-order valence-electron chi connectivity index (χ3n) is 3.26. The van der Waals surface area contributed by atoms with Crippen LogP contribution in [0, 0.1) is 0 Å². The monoisotopic (exact) mass is 324 g/mol. The number of benzene rings is 1. The fourth-order valence-corrected chi connectivity index (χ4v) is 2.93. The lowest BCUT2D eigenvalue weighted by Crippen LogP contribution is -2.24. The van der Waals surface area contributed by atoms with Crippen molar-refractivity contribution in [1.29, 1.82) is 0 Å². The van der Waals surface area contributed by atoms with Crippen molar-refractivity contribution in [3.63, 3.8) is 0 Å². The predicted octanol–water partition coefficient (Wildman–Crippen LogP) is 3.03. The van der Waals surface area contributed by atoms with Gasteiger partial charge in [0.1, 0.15) is 0 Å². The Labute approximate surface area is 138 Å². The SMILES string of the molecule is CNCC(=O)Nc1nc(-c2cccc(-c3ccncc3)c2)cs1. The predicted molar refractivity (Wildman–Crippen MR) is 93.3 cm³/mol. The topological polar surface area (TPSA) is 66.9 Å². The van der Waals surface area contributed by atoms with Crippen LogP contribution in [0.25, 0.3) is 22.4 Å². The number of carbonyl (C=O) groups excluding carboxylic acids is 1. The third kappa shape index (κ3) is 3.80. The molecule has 0 atom stereocenters. The van der Waals surface area contributed by atoms with E-state index in [0.29, 0.717) is 5.13 Å². The first-order valence-corrected chi connectivity index (χ1v) is 8.05. The molecule has 23 heavy (non-hydrogen) atoms. The van der Waals surface area contributed by atoms with Crippen molar-refractivity contribution in [1.82, 2.24) is 15.3 Å². The van der Waals surface area contributed by atoms with Gasteiger partial charge in [-0.05, 0) is 36.4 Å². The highest BCUT2D eigenvalue weighted by atomic mass is 32.1. The van der Waals surface area contributed by atoms with Crippen LogP contribution in [0.3, 0.4) is 0 Å². The standard InChI is InChI=1S/C17H16N4OS/c1-18-10-16(22)21-17-20-15(11-23-17)14-4-2-3-13(9-14)12-5-7-19-8-6-12/h2-9,11,18H,10H2,1H3,(H,20,21,22). The van der Waals surface area contributed by atoms with Gasteiger partial charge in [0.15, 0.2) is 5.13 Å². The molecule has 3 rings (SSSR count). The number of hydrogen-bond donors (Lipinski definition) is 2. The fourth-order valence-electron chi connectivity index (χ4n) is 2.19. The molecule has 5 nitrogen and oxygen atoms in total. The molecule has 0 aliphatic carbocycles. The van der Waals surface area contributed by atoms with Crippen molar-refractivity contribution in [2.45, 2.75) is 0 Å². The summed E-state index contributed by atoms with van der Waals surface area (Å²) in [7, 11) is 1.73. The van der Waals surface area contributed by atoms with Gasteiger partial charge in [-0.2, -0.15) is 0 Å². The molecule has 2 N–H and O–H groups in total. The van der Waals surface area contributed by atoms with Gasteiger partial charge < -0.3 is 10.6 Å². The molecular weight excluding hydrogens is 308 g/mol. The summed E-state index contributed by atoms with van der Waals surface area (Å²) in [6, 6.07) is 12.1. The van der Waals surface area contributed by atoms with Crippen LogP contribution in [0.1, 0.15) is 0 Å². The molecule has 0 unspecified atom stereocenters. The van der Waals surface area contributed by atoms with E-state index in [0.717, 1.165) is 22.4 Å². The molecule has 116 valence electrons. The molecule has 0 bridgehead atoms. The van der Waals surface area contributed by atoms with Crippen molar-refractivity contribution >= 4 is 22.4 Å². The van der Waals surface area contributed by atoms with Crippen LogP contribution < -0.4 is 10.6 Å². The molecule has 2 heterocycles. The highest BCUT2D eigenvalue weighted by Crippen LogP contribution is 2.28. The Morgan fingerprint density at radius 3 is 2.70 bits per heavy atom. The number of likely N-dealkylation sites (N-methyl/N-ethyl adjacent to an activating group) is 1. The van der Waals surface area contributed by atoms with Crippen LogP contribution in [0.2, 0.25) is 0 Å². The molecule has 0 aliphatic rings. The first-order chi connectivity index (χ1) is 11.3. The van der Waals surface area contributed by atoms with E-state index in [1.807, 2.05) is 29.6 Å².